The zero-order chi connectivity index (χ0) is 19.6. The van der Waals surface area contributed by atoms with Crippen LogP contribution >= 0.6 is 0 Å². The highest BCUT2D eigenvalue weighted by Crippen LogP contribution is 2.30. The van der Waals surface area contributed by atoms with E-state index < -0.39 is 10.0 Å². The molecule has 0 saturated carbocycles. The highest BCUT2D eigenvalue weighted by Gasteiger charge is 2.30. The lowest BCUT2D eigenvalue weighted by atomic mass is 9.97. The molecule has 0 spiro atoms. The summed E-state index contributed by atoms with van der Waals surface area (Å²) >= 11 is 0. The predicted molar refractivity (Wildman–Crippen MR) is 102 cm³/mol. The van der Waals surface area contributed by atoms with Gasteiger partial charge in [0.25, 0.3) is 0 Å². The van der Waals surface area contributed by atoms with Crippen LogP contribution in [0, 0.1) is 5.92 Å². The minimum Gasteiger partial charge on any atom is -0.356 e. The van der Waals surface area contributed by atoms with E-state index in [2.05, 4.69) is 5.32 Å². The number of hydrogen-bond acceptors (Lipinski definition) is 5. The molecular weight excluding hydrogens is 368 g/mol. The van der Waals surface area contributed by atoms with E-state index in [0.29, 0.717) is 26.1 Å². The van der Waals surface area contributed by atoms with Crippen LogP contribution in [0.25, 0.3) is 0 Å². The fraction of sp³-hybridized carbons (Fsp3) is 0.556. The summed E-state index contributed by atoms with van der Waals surface area (Å²) in [4.78, 5) is 28.7. The van der Waals surface area contributed by atoms with Gasteiger partial charge in [-0.1, -0.05) is 0 Å². The standard InChI is InChI=1S/C18H26N4O4S/c1-2-20-18(24)14-4-3-8-21(11-14)12-17(23)22-9-7-13-10-15(27(19,25)26)5-6-16(13)22/h5-6,10,14H,2-4,7-9,11-12H2,1H3,(H,20,24)(H2,19,25,26). The molecule has 3 rings (SSSR count). The van der Waals surface area contributed by atoms with Gasteiger partial charge in [0, 0.05) is 25.3 Å². The van der Waals surface area contributed by atoms with Crippen molar-refractivity contribution in [3.8, 4) is 0 Å². The van der Waals surface area contributed by atoms with Crippen LogP contribution in [0.3, 0.4) is 0 Å². The number of nitrogens with zero attached hydrogens (tertiary/aromatic N) is 2. The van der Waals surface area contributed by atoms with Gasteiger partial charge in [0.05, 0.1) is 17.4 Å². The average Bonchev–Trinajstić information content (AvgIpc) is 3.04. The fourth-order valence-corrected chi connectivity index (χ4v) is 4.39. The summed E-state index contributed by atoms with van der Waals surface area (Å²) < 4.78 is 23.0. The SMILES string of the molecule is CCNC(=O)C1CCCN(CC(=O)N2CCc3cc(S(N)(=O)=O)ccc32)C1. The number of hydrogen-bond donors (Lipinski definition) is 2. The number of anilines is 1. The molecule has 27 heavy (non-hydrogen) atoms. The summed E-state index contributed by atoms with van der Waals surface area (Å²) in [7, 11) is -3.75. The Kier molecular flexibility index (Phi) is 5.83. The van der Waals surface area contributed by atoms with Crippen LogP contribution < -0.4 is 15.4 Å². The molecule has 2 aliphatic rings. The van der Waals surface area contributed by atoms with E-state index in [-0.39, 0.29) is 29.2 Å². The van der Waals surface area contributed by atoms with Gasteiger partial charge in [-0.3, -0.25) is 14.5 Å². The number of amides is 2. The van der Waals surface area contributed by atoms with Crippen LogP contribution in [0.1, 0.15) is 25.3 Å². The monoisotopic (exact) mass is 394 g/mol. The third-order valence-electron chi connectivity index (χ3n) is 5.16. The van der Waals surface area contributed by atoms with Crippen LogP contribution in [0.2, 0.25) is 0 Å². The predicted octanol–water partition coefficient (Wildman–Crippen LogP) is 0.0712. The minimum absolute atomic E-state index is 0.0337. The van der Waals surface area contributed by atoms with Crippen LogP contribution in [-0.2, 0) is 26.0 Å². The molecule has 2 amide bonds. The molecule has 0 radical (unpaired) electrons. The molecule has 0 bridgehead atoms. The summed E-state index contributed by atoms with van der Waals surface area (Å²) in [5, 5.41) is 8.03. The highest BCUT2D eigenvalue weighted by atomic mass is 32.2. The van der Waals surface area contributed by atoms with E-state index in [1.54, 1.807) is 17.0 Å². The molecule has 1 atom stereocenters. The maximum absolute atomic E-state index is 12.8. The summed E-state index contributed by atoms with van der Waals surface area (Å²) in [5.41, 5.74) is 1.55. The van der Waals surface area contributed by atoms with Crippen molar-refractivity contribution in [2.24, 2.45) is 11.1 Å². The Morgan fingerprint density at radius 3 is 2.78 bits per heavy atom. The Morgan fingerprint density at radius 2 is 2.07 bits per heavy atom. The molecule has 0 aromatic heterocycles. The summed E-state index contributed by atoms with van der Waals surface area (Å²) in [6, 6.07) is 4.63. The number of sulfonamides is 1. The number of fused-ring (bicyclic) bond motifs is 1. The van der Waals surface area contributed by atoms with Crippen molar-refractivity contribution in [1.82, 2.24) is 10.2 Å². The molecule has 1 aromatic rings. The molecular formula is C18H26N4O4S. The smallest absolute Gasteiger partial charge is 0.241 e. The van der Waals surface area contributed by atoms with E-state index in [9.17, 15) is 18.0 Å². The van der Waals surface area contributed by atoms with Crippen molar-refractivity contribution in [1.29, 1.82) is 0 Å². The van der Waals surface area contributed by atoms with Gasteiger partial charge in [0.2, 0.25) is 21.8 Å². The molecule has 8 nitrogen and oxygen atoms in total. The third kappa shape index (κ3) is 4.48. The van der Waals surface area contributed by atoms with Crippen molar-refractivity contribution in [2.45, 2.75) is 31.1 Å². The fourth-order valence-electron chi connectivity index (χ4n) is 3.82. The zero-order valence-corrected chi connectivity index (χ0v) is 16.3. The van der Waals surface area contributed by atoms with Crippen LogP contribution in [0.5, 0.6) is 0 Å². The molecule has 1 aromatic carbocycles. The molecule has 148 valence electrons. The lowest BCUT2D eigenvalue weighted by Crippen LogP contribution is -2.47. The summed E-state index contributed by atoms with van der Waals surface area (Å²) in [6.45, 7) is 4.67. The van der Waals surface area contributed by atoms with E-state index in [4.69, 9.17) is 5.14 Å². The zero-order valence-electron chi connectivity index (χ0n) is 15.5. The van der Waals surface area contributed by atoms with E-state index in [1.165, 1.54) is 6.07 Å². The first-order valence-corrected chi connectivity index (χ1v) is 10.8. The first-order chi connectivity index (χ1) is 12.8. The number of nitrogens with two attached hydrogens (primary N) is 1. The number of carbonyl (C=O) groups is 2. The third-order valence-corrected chi connectivity index (χ3v) is 6.07. The molecule has 1 saturated heterocycles. The van der Waals surface area contributed by atoms with Crippen molar-refractivity contribution in [3.05, 3.63) is 23.8 Å². The molecule has 2 aliphatic heterocycles. The van der Waals surface area contributed by atoms with Gasteiger partial charge < -0.3 is 10.2 Å². The second-order valence-corrected chi connectivity index (χ2v) is 8.66. The van der Waals surface area contributed by atoms with Gasteiger partial charge in [-0.25, -0.2) is 13.6 Å². The lowest BCUT2D eigenvalue weighted by molar-refractivity contribution is -0.128. The number of nitrogens with one attached hydrogen (secondary N) is 1. The highest BCUT2D eigenvalue weighted by molar-refractivity contribution is 7.89. The van der Waals surface area contributed by atoms with Gasteiger partial charge in [0.1, 0.15) is 0 Å². The molecule has 3 N–H and O–H groups in total. The maximum atomic E-state index is 12.8. The Balaban J connectivity index is 1.66. The van der Waals surface area contributed by atoms with Gasteiger partial charge >= 0.3 is 0 Å². The largest absolute Gasteiger partial charge is 0.356 e. The number of likely N-dealkylation sites (tertiary alicyclic amines) is 1. The lowest BCUT2D eigenvalue weighted by Gasteiger charge is -2.32. The number of carbonyl (C=O) groups excluding carboxylic acids is 2. The van der Waals surface area contributed by atoms with E-state index in [0.717, 1.165) is 30.6 Å². The Labute approximate surface area is 159 Å². The second kappa shape index (κ2) is 7.95. The summed E-state index contributed by atoms with van der Waals surface area (Å²) in [6.07, 6.45) is 2.34. The molecule has 0 aliphatic carbocycles. The van der Waals surface area contributed by atoms with Crippen molar-refractivity contribution < 1.29 is 18.0 Å². The van der Waals surface area contributed by atoms with Crippen LogP contribution in [0.15, 0.2) is 23.1 Å². The van der Waals surface area contributed by atoms with Crippen LogP contribution in [0.4, 0.5) is 5.69 Å². The summed E-state index contributed by atoms with van der Waals surface area (Å²) in [5.74, 6) is -0.0555. The van der Waals surface area contributed by atoms with Crippen molar-refractivity contribution >= 4 is 27.5 Å². The van der Waals surface area contributed by atoms with Crippen LogP contribution in [-0.4, -0.2) is 57.9 Å². The Hall–Kier alpha value is -1.97. The first kappa shape index (κ1) is 19.8. The van der Waals surface area contributed by atoms with Gasteiger partial charge in [-0.05, 0) is 56.5 Å². The second-order valence-electron chi connectivity index (χ2n) is 7.10. The van der Waals surface area contributed by atoms with Gasteiger partial charge in [0.15, 0.2) is 0 Å². The quantitative estimate of drug-likeness (QED) is 0.734. The van der Waals surface area contributed by atoms with Crippen molar-refractivity contribution in [2.75, 3.05) is 37.6 Å². The molecule has 1 unspecified atom stereocenters. The number of piperidine rings is 1. The Bertz CT molecular complexity index is 840. The maximum Gasteiger partial charge on any atom is 0.241 e. The topological polar surface area (TPSA) is 113 Å². The number of benzene rings is 1. The van der Waals surface area contributed by atoms with Crippen molar-refractivity contribution in [3.63, 3.8) is 0 Å². The molecule has 1 fully saturated rings. The van der Waals surface area contributed by atoms with Gasteiger partial charge in [-0.2, -0.15) is 0 Å². The van der Waals surface area contributed by atoms with E-state index in [1.807, 2.05) is 11.8 Å². The normalized spacial score (nSPS) is 20.4. The average molecular weight is 394 g/mol. The number of rotatable bonds is 5. The number of primary sulfonamides is 1. The Morgan fingerprint density at radius 1 is 1.30 bits per heavy atom. The van der Waals surface area contributed by atoms with Gasteiger partial charge in [-0.15, -0.1) is 0 Å². The first-order valence-electron chi connectivity index (χ1n) is 9.25. The minimum atomic E-state index is -3.75. The van der Waals surface area contributed by atoms with E-state index >= 15 is 0 Å². The molecule has 9 heteroatoms. The molecule has 2 heterocycles.